The van der Waals surface area contributed by atoms with Crippen LogP contribution < -0.4 is 5.73 Å². The zero-order valence-electron chi connectivity index (χ0n) is 6.32. The second kappa shape index (κ2) is 2.94. The minimum atomic E-state index is 0.375. The Morgan fingerprint density at radius 2 is 2.50 bits per heavy atom. The number of H-pyrrole nitrogens is 1. The monoisotopic (exact) mass is 180 g/mol. The Kier molecular flexibility index (Phi) is 1.79. The van der Waals surface area contributed by atoms with Crippen LogP contribution in [0.15, 0.2) is 16.8 Å². The first-order chi connectivity index (χ1) is 5.84. The van der Waals surface area contributed by atoms with Gasteiger partial charge in [-0.25, -0.2) is 5.10 Å². The molecule has 62 valence electrons. The van der Waals surface area contributed by atoms with Crippen LogP contribution >= 0.6 is 11.3 Å². The molecule has 2 heterocycles. The van der Waals surface area contributed by atoms with Gasteiger partial charge in [0, 0.05) is 6.42 Å². The summed E-state index contributed by atoms with van der Waals surface area (Å²) < 4.78 is 0. The lowest BCUT2D eigenvalue weighted by atomic mass is 10.2. The number of rotatable bonds is 2. The molecule has 2 aromatic rings. The van der Waals surface area contributed by atoms with E-state index in [1.165, 1.54) is 5.56 Å². The van der Waals surface area contributed by atoms with Gasteiger partial charge in [-0.2, -0.15) is 21.4 Å². The molecular formula is C7H8N4S. The molecule has 0 unspecified atom stereocenters. The van der Waals surface area contributed by atoms with Crippen molar-refractivity contribution >= 4 is 17.3 Å². The van der Waals surface area contributed by atoms with Crippen LogP contribution in [0.3, 0.4) is 0 Å². The van der Waals surface area contributed by atoms with Crippen LogP contribution in [0.4, 0.5) is 5.95 Å². The van der Waals surface area contributed by atoms with E-state index in [1.807, 2.05) is 5.38 Å². The van der Waals surface area contributed by atoms with Gasteiger partial charge in [0.25, 0.3) is 0 Å². The third kappa shape index (κ3) is 1.45. The van der Waals surface area contributed by atoms with Gasteiger partial charge in [-0.1, -0.05) is 0 Å². The number of aromatic nitrogens is 3. The molecule has 0 saturated carbocycles. The van der Waals surface area contributed by atoms with E-state index < -0.39 is 0 Å². The fraction of sp³-hybridized carbons (Fsp3) is 0.143. The first-order valence-electron chi connectivity index (χ1n) is 3.52. The highest BCUT2D eigenvalue weighted by molar-refractivity contribution is 7.07. The molecule has 0 aliphatic heterocycles. The van der Waals surface area contributed by atoms with Gasteiger partial charge in [0.15, 0.2) is 5.82 Å². The van der Waals surface area contributed by atoms with Crippen molar-refractivity contribution in [3.8, 4) is 0 Å². The molecule has 4 nitrogen and oxygen atoms in total. The number of nitrogens with zero attached hydrogens (tertiary/aromatic N) is 2. The summed E-state index contributed by atoms with van der Waals surface area (Å²) in [6, 6.07) is 2.05. The minimum Gasteiger partial charge on any atom is -0.368 e. The molecule has 2 rings (SSSR count). The molecular weight excluding hydrogens is 172 g/mol. The van der Waals surface area contributed by atoms with E-state index in [4.69, 9.17) is 5.73 Å². The topological polar surface area (TPSA) is 67.6 Å². The summed E-state index contributed by atoms with van der Waals surface area (Å²) in [5, 5.41) is 10.6. The van der Waals surface area contributed by atoms with E-state index >= 15 is 0 Å². The van der Waals surface area contributed by atoms with Gasteiger partial charge in [0.2, 0.25) is 5.95 Å². The molecule has 0 bridgehead atoms. The van der Waals surface area contributed by atoms with Crippen LogP contribution in [0.1, 0.15) is 11.4 Å². The SMILES string of the molecule is Nc1nc(Cc2ccsc2)n[nH]1. The van der Waals surface area contributed by atoms with Crippen LogP contribution in [0.25, 0.3) is 0 Å². The number of hydrogen-bond acceptors (Lipinski definition) is 4. The second-order valence-electron chi connectivity index (χ2n) is 2.45. The Balaban J connectivity index is 2.14. The summed E-state index contributed by atoms with van der Waals surface area (Å²) in [5.74, 6) is 1.12. The van der Waals surface area contributed by atoms with Crippen molar-refractivity contribution in [2.75, 3.05) is 5.73 Å². The van der Waals surface area contributed by atoms with Gasteiger partial charge in [-0.3, -0.25) is 0 Å². The standard InChI is InChI=1S/C7H8N4S/c8-7-9-6(10-11-7)3-5-1-2-12-4-5/h1-2,4H,3H2,(H3,8,9,10,11). The van der Waals surface area contributed by atoms with E-state index in [0.717, 1.165) is 12.2 Å². The molecule has 0 aromatic carbocycles. The summed E-state index contributed by atoms with van der Waals surface area (Å²) in [4.78, 5) is 4.00. The van der Waals surface area contributed by atoms with Crippen LogP contribution in [0.2, 0.25) is 0 Å². The quantitative estimate of drug-likeness (QED) is 0.725. The van der Waals surface area contributed by atoms with Gasteiger partial charge >= 0.3 is 0 Å². The molecule has 0 amide bonds. The Bertz CT molecular complexity index is 351. The van der Waals surface area contributed by atoms with Crippen LogP contribution in [-0.2, 0) is 6.42 Å². The zero-order chi connectivity index (χ0) is 8.39. The second-order valence-corrected chi connectivity index (χ2v) is 3.23. The fourth-order valence-electron chi connectivity index (χ4n) is 0.966. The maximum Gasteiger partial charge on any atom is 0.216 e. The number of nitrogen functional groups attached to an aromatic ring is 1. The van der Waals surface area contributed by atoms with Crippen molar-refractivity contribution in [3.05, 3.63) is 28.2 Å². The smallest absolute Gasteiger partial charge is 0.216 e. The van der Waals surface area contributed by atoms with Gasteiger partial charge in [0.05, 0.1) is 0 Å². The van der Waals surface area contributed by atoms with E-state index in [0.29, 0.717) is 5.95 Å². The molecule has 0 aliphatic rings. The van der Waals surface area contributed by atoms with Crippen molar-refractivity contribution < 1.29 is 0 Å². The van der Waals surface area contributed by atoms with E-state index in [1.54, 1.807) is 11.3 Å². The summed E-state index contributed by atoms with van der Waals surface area (Å²) >= 11 is 1.67. The van der Waals surface area contributed by atoms with Crippen LogP contribution in [0, 0.1) is 0 Å². The third-order valence-electron chi connectivity index (χ3n) is 1.49. The highest BCUT2D eigenvalue weighted by atomic mass is 32.1. The normalized spacial score (nSPS) is 10.3. The van der Waals surface area contributed by atoms with Gasteiger partial charge in [0.1, 0.15) is 0 Å². The zero-order valence-corrected chi connectivity index (χ0v) is 7.14. The molecule has 0 spiro atoms. The molecule has 0 atom stereocenters. The lowest BCUT2D eigenvalue weighted by Gasteiger charge is -1.87. The van der Waals surface area contributed by atoms with Crippen LogP contribution in [0.5, 0.6) is 0 Å². The van der Waals surface area contributed by atoms with E-state index in [2.05, 4.69) is 26.6 Å². The fourth-order valence-corrected chi connectivity index (χ4v) is 1.63. The molecule has 0 aliphatic carbocycles. The van der Waals surface area contributed by atoms with E-state index in [9.17, 15) is 0 Å². The van der Waals surface area contributed by atoms with E-state index in [-0.39, 0.29) is 0 Å². The largest absolute Gasteiger partial charge is 0.368 e. The number of aromatic amines is 1. The Labute approximate surface area is 73.5 Å². The lowest BCUT2D eigenvalue weighted by molar-refractivity contribution is 0.976. The first-order valence-corrected chi connectivity index (χ1v) is 4.47. The molecule has 0 fully saturated rings. The van der Waals surface area contributed by atoms with Crippen molar-refractivity contribution in [2.24, 2.45) is 0 Å². The van der Waals surface area contributed by atoms with Gasteiger partial charge < -0.3 is 5.73 Å². The van der Waals surface area contributed by atoms with Crippen molar-refractivity contribution in [2.45, 2.75) is 6.42 Å². The molecule has 12 heavy (non-hydrogen) atoms. The maximum absolute atomic E-state index is 5.38. The average Bonchev–Trinajstić information content (AvgIpc) is 2.63. The first kappa shape index (κ1) is 7.30. The number of thiophene rings is 1. The average molecular weight is 180 g/mol. The van der Waals surface area contributed by atoms with Crippen molar-refractivity contribution in [1.82, 2.24) is 15.2 Å². The Hall–Kier alpha value is -1.36. The number of anilines is 1. The van der Waals surface area contributed by atoms with Crippen molar-refractivity contribution in [3.63, 3.8) is 0 Å². The predicted octanol–water partition coefficient (Wildman–Crippen LogP) is 1.04. The maximum atomic E-state index is 5.38. The summed E-state index contributed by atoms with van der Waals surface area (Å²) in [7, 11) is 0. The number of nitrogens with two attached hydrogens (primary N) is 1. The van der Waals surface area contributed by atoms with Gasteiger partial charge in [-0.15, -0.1) is 0 Å². The summed E-state index contributed by atoms with van der Waals surface area (Å²) in [5.41, 5.74) is 6.60. The summed E-state index contributed by atoms with van der Waals surface area (Å²) in [6.07, 6.45) is 0.747. The molecule has 2 aromatic heterocycles. The third-order valence-corrected chi connectivity index (χ3v) is 2.22. The number of hydrogen-bond donors (Lipinski definition) is 2. The molecule has 0 saturated heterocycles. The number of nitrogens with one attached hydrogen (secondary N) is 1. The lowest BCUT2D eigenvalue weighted by Crippen LogP contribution is -1.89. The molecule has 5 heteroatoms. The van der Waals surface area contributed by atoms with Crippen molar-refractivity contribution in [1.29, 1.82) is 0 Å². The molecule has 0 radical (unpaired) electrons. The van der Waals surface area contributed by atoms with Gasteiger partial charge in [-0.05, 0) is 22.4 Å². The van der Waals surface area contributed by atoms with Crippen LogP contribution in [-0.4, -0.2) is 15.2 Å². The minimum absolute atomic E-state index is 0.375. The predicted molar refractivity (Wildman–Crippen MR) is 47.9 cm³/mol. The Morgan fingerprint density at radius 1 is 1.58 bits per heavy atom. The summed E-state index contributed by atoms with van der Waals surface area (Å²) in [6.45, 7) is 0. The highest BCUT2D eigenvalue weighted by Gasteiger charge is 2.01. The molecule has 3 N–H and O–H groups in total. The highest BCUT2D eigenvalue weighted by Crippen LogP contribution is 2.09. The Morgan fingerprint density at radius 3 is 3.08 bits per heavy atom.